The zero-order chi connectivity index (χ0) is 18.7. The van der Waals surface area contributed by atoms with Crippen LogP contribution in [0.25, 0.3) is 0 Å². The summed E-state index contributed by atoms with van der Waals surface area (Å²) in [5.74, 6) is -0.226. The summed E-state index contributed by atoms with van der Waals surface area (Å²) in [7, 11) is -3.58. The number of carbonyl (C=O) groups excluding carboxylic acids is 1. The Bertz CT molecular complexity index is 760. The minimum Gasteiger partial charge on any atom is -0.353 e. The molecule has 2 saturated carbocycles. The monoisotopic (exact) mass is 417 g/mol. The molecule has 7 heteroatoms. The molecule has 0 spiro atoms. The second-order valence-corrected chi connectivity index (χ2v) is 10.5. The minimum atomic E-state index is -3.58. The molecule has 3 rings (SSSR count). The maximum absolute atomic E-state index is 13.0. The minimum absolute atomic E-state index is 0.0130. The van der Waals surface area contributed by atoms with Crippen LogP contribution in [-0.2, 0) is 14.6 Å². The first kappa shape index (κ1) is 20.0. The summed E-state index contributed by atoms with van der Waals surface area (Å²) in [4.78, 5) is 12.8. The van der Waals surface area contributed by atoms with E-state index >= 15 is 0 Å². The Morgan fingerprint density at radius 2 is 1.73 bits per heavy atom. The number of carbonyl (C=O) groups is 1. The van der Waals surface area contributed by atoms with Gasteiger partial charge < -0.3 is 5.32 Å². The molecule has 2 aliphatic carbocycles. The Morgan fingerprint density at radius 1 is 1.00 bits per heavy atom. The molecule has 2 atom stereocenters. The molecule has 4 nitrogen and oxygen atoms in total. The van der Waals surface area contributed by atoms with E-state index < -0.39 is 15.1 Å². The molecule has 0 radical (unpaired) electrons. The molecule has 1 aromatic rings. The topological polar surface area (TPSA) is 63.2 Å². The third-order valence-corrected chi connectivity index (χ3v) is 8.52. The number of rotatable bonds is 4. The van der Waals surface area contributed by atoms with Gasteiger partial charge in [0.15, 0.2) is 9.84 Å². The van der Waals surface area contributed by atoms with E-state index in [-0.39, 0.29) is 27.8 Å². The number of amides is 1. The molecule has 1 N–H and O–H groups in total. The van der Waals surface area contributed by atoms with Gasteiger partial charge in [-0.2, -0.15) is 0 Å². The molecular formula is C19H25Cl2NO3S. The quantitative estimate of drug-likeness (QED) is 0.766. The van der Waals surface area contributed by atoms with Crippen LogP contribution < -0.4 is 5.32 Å². The average molecular weight is 418 g/mol. The van der Waals surface area contributed by atoms with E-state index in [1.165, 1.54) is 24.6 Å². The summed E-state index contributed by atoms with van der Waals surface area (Å²) in [6.07, 6.45) is 8.01. The zero-order valence-corrected chi connectivity index (χ0v) is 17.0. The van der Waals surface area contributed by atoms with Gasteiger partial charge in [0.25, 0.3) is 0 Å². The molecule has 26 heavy (non-hydrogen) atoms. The van der Waals surface area contributed by atoms with Crippen molar-refractivity contribution >= 4 is 38.9 Å². The van der Waals surface area contributed by atoms with Crippen LogP contribution in [0.15, 0.2) is 23.1 Å². The molecule has 0 aliphatic heterocycles. The fraction of sp³-hybridized carbons (Fsp3) is 0.632. The molecule has 2 aliphatic rings. The second kappa shape index (κ2) is 8.49. The normalized spacial score (nSPS) is 25.0. The molecule has 0 saturated heterocycles. The van der Waals surface area contributed by atoms with Crippen molar-refractivity contribution in [3.63, 3.8) is 0 Å². The van der Waals surface area contributed by atoms with E-state index in [0.717, 1.165) is 38.5 Å². The highest BCUT2D eigenvalue weighted by Gasteiger charge is 2.37. The Hall–Kier alpha value is -0.780. The molecule has 0 bridgehead atoms. The number of nitrogens with one attached hydrogen (secondary N) is 1. The second-order valence-electron chi connectivity index (χ2n) is 7.45. The van der Waals surface area contributed by atoms with E-state index in [0.29, 0.717) is 17.9 Å². The maximum atomic E-state index is 13.0. The Labute approximate surface area is 165 Å². The van der Waals surface area contributed by atoms with Gasteiger partial charge in [-0.1, -0.05) is 48.9 Å². The predicted molar refractivity (Wildman–Crippen MR) is 104 cm³/mol. The molecule has 0 aromatic heterocycles. The number of sulfone groups is 1. The number of halogens is 2. The maximum Gasteiger partial charge on any atom is 0.223 e. The van der Waals surface area contributed by atoms with Gasteiger partial charge in [-0.15, -0.1) is 0 Å². The van der Waals surface area contributed by atoms with Crippen molar-refractivity contribution in [2.24, 2.45) is 5.92 Å². The van der Waals surface area contributed by atoms with Gasteiger partial charge in [0.2, 0.25) is 5.91 Å². The van der Waals surface area contributed by atoms with Crippen molar-refractivity contribution in [2.45, 2.75) is 74.0 Å². The predicted octanol–water partition coefficient (Wildman–Crippen LogP) is 4.77. The molecule has 1 aromatic carbocycles. The van der Waals surface area contributed by atoms with Crippen LogP contribution >= 0.6 is 23.2 Å². The van der Waals surface area contributed by atoms with Crippen molar-refractivity contribution < 1.29 is 13.2 Å². The summed E-state index contributed by atoms with van der Waals surface area (Å²) >= 11 is 12.0. The molecular weight excluding hydrogens is 393 g/mol. The molecule has 2 fully saturated rings. The summed E-state index contributed by atoms with van der Waals surface area (Å²) in [5.41, 5.74) is 0. The summed E-state index contributed by atoms with van der Waals surface area (Å²) in [5, 5.41) is 3.12. The van der Waals surface area contributed by atoms with Gasteiger partial charge in [-0.3, -0.25) is 4.79 Å². The highest BCUT2D eigenvalue weighted by atomic mass is 35.5. The fourth-order valence-electron chi connectivity index (χ4n) is 4.12. The van der Waals surface area contributed by atoms with E-state index in [9.17, 15) is 13.2 Å². The molecule has 1 amide bonds. The van der Waals surface area contributed by atoms with E-state index in [2.05, 4.69) is 5.32 Å². The highest BCUT2D eigenvalue weighted by Crippen LogP contribution is 2.35. The van der Waals surface area contributed by atoms with Crippen molar-refractivity contribution in [1.82, 2.24) is 5.32 Å². The van der Waals surface area contributed by atoms with Gasteiger partial charge in [0.1, 0.15) is 0 Å². The van der Waals surface area contributed by atoms with Crippen LogP contribution in [0, 0.1) is 5.92 Å². The van der Waals surface area contributed by atoms with Crippen LogP contribution in [0.2, 0.25) is 10.0 Å². The lowest BCUT2D eigenvalue weighted by Crippen LogP contribution is -2.42. The van der Waals surface area contributed by atoms with Crippen molar-refractivity contribution in [1.29, 1.82) is 0 Å². The lowest BCUT2D eigenvalue weighted by Gasteiger charge is -2.30. The van der Waals surface area contributed by atoms with Gasteiger partial charge >= 0.3 is 0 Å². The lowest BCUT2D eigenvalue weighted by molar-refractivity contribution is -0.126. The Balaban J connectivity index is 1.69. The number of hydrogen-bond acceptors (Lipinski definition) is 3. The highest BCUT2D eigenvalue weighted by molar-refractivity contribution is 7.92. The first-order chi connectivity index (χ1) is 12.4. The Kier molecular flexibility index (Phi) is 6.52. The van der Waals surface area contributed by atoms with Crippen LogP contribution in [0.5, 0.6) is 0 Å². The number of benzene rings is 1. The van der Waals surface area contributed by atoms with E-state index in [1.807, 2.05) is 0 Å². The lowest BCUT2D eigenvalue weighted by atomic mass is 9.87. The van der Waals surface area contributed by atoms with Crippen LogP contribution in [-0.4, -0.2) is 25.6 Å². The van der Waals surface area contributed by atoms with Crippen molar-refractivity contribution in [2.75, 3.05) is 0 Å². The SMILES string of the molecule is O=C(NC1CCCCC1)[C@@H]1CCCC(S(=O)(=O)c2ccc(Cl)cc2Cl)C1. The van der Waals surface area contributed by atoms with E-state index in [1.54, 1.807) is 0 Å². The van der Waals surface area contributed by atoms with Gasteiger partial charge in [0.05, 0.1) is 15.2 Å². The fourth-order valence-corrected chi connectivity index (χ4v) is 6.76. The third-order valence-electron chi connectivity index (χ3n) is 5.59. The van der Waals surface area contributed by atoms with Crippen LogP contribution in [0.1, 0.15) is 57.8 Å². The van der Waals surface area contributed by atoms with Crippen LogP contribution in [0.3, 0.4) is 0 Å². The van der Waals surface area contributed by atoms with Gasteiger partial charge in [-0.05, 0) is 50.3 Å². The van der Waals surface area contributed by atoms with Gasteiger partial charge in [-0.25, -0.2) is 8.42 Å². The molecule has 1 unspecified atom stereocenters. The van der Waals surface area contributed by atoms with Gasteiger partial charge in [0, 0.05) is 17.0 Å². The van der Waals surface area contributed by atoms with Crippen molar-refractivity contribution in [3.05, 3.63) is 28.2 Å². The third kappa shape index (κ3) is 4.55. The smallest absolute Gasteiger partial charge is 0.223 e. The Morgan fingerprint density at radius 3 is 2.42 bits per heavy atom. The molecule has 144 valence electrons. The first-order valence-corrected chi connectivity index (χ1v) is 11.7. The van der Waals surface area contributed by atoms with E-state index in [4.69, 9.17) is 23.2 Å². The average Bonchev–Trinajstić information content (AvgIpc) is 2.62. The summed E-state index contributed by atoms with van der Waals surface area (Å²) in [6.45, 7) is 0. The molecule has 0 heterocycles. The van der Waals surface area contributed by atoms with Crippen molar-refractivity contribution in [3.8, 4) is 0 Å². The summed E-state index contributed by atoms with van der Waals surface area (Å²) in [6, 6.07) is 4.70. The summed E-state index contributed by atoms with van der Waals surface area (Å²) < 4.78 is 26.0. The standard InChI is InChI=1S/C19H25Cl2NO3S/c20-14-9-10-18(17(21)12-14)26(24,25)16-8-4-5-13(11-16)19(23)22-15-6-2-1-3-7-15/h9-10,12-13,15-16H,1-8,11H2,(H,22,23)/t13-,16?/m1/s1. The first-order valence-electron chi connectivity index (χ1n) is 9.37. The zero-order valence-electron chi connectivity index (χ0n) is 14.7. The largest absolute Gasteiger partial charge is 0.353 e. The number of hydrogen-bond donors (Lipinski definition) is 1. The van der Waals surface area contributed by atoms with Crippen LogP contribution in [0.4, 0.5) is 0 Å².